The van der Waals surface area contributed by atoms with E-state index in [1.54, 1.807) is 0 Å². The van der Waals surface area contributed by atoms with Crippen LogP contribution in [0.3, 0.4) is 0 Å². The topological polar surface area (TPSA) is 58.6 Å². The summed E-state index contributed by atoms with van der Waals surface area (Å²) in [5.74, 6) is 0.860. The van der Waals surface area contributed by atoms with Gasteiger partial charge < -0.3 is 15.2 Å². The molecule has 2 aliphatic rings. The number of para-hydroxylation sites is 1. The summed E-state index contributed by atoms with van der Waals surface area (Å²) in [6.45, 7) is 0.949. The quantitative estimate of drug-likeness (QED) is 0.901. The van der Waals surface area contributed by atoms with Crippen LogP contribution >= 0.6 is 0 Å². The summed E-state index contributed by atoms with van der Waals surface area (Å²) in [5, 5.41) is 13.5. The molecule has 0 radical (unpaired) electrons. The number of fused-ring (bicyclic) bond motifs is 1. The van der Waals surface area contributed by atoms with Gasteiger partial charge >= 0.3 is 0 Å². The van der Waals surface area contributed by atoms with Gasteiger partial charge in [-0.1, -0.05) is 37.5 Å². The number of carbonyl (C=O) groups excluding carboxylic acids is 1. The zero-order chi connectivity index (χ0) is 15.4. The highest BCUT2D eigenvalue weighted by atomic mass is 16.5. The molecule has 1 atom stereocenters. The van der Waals surface area contributed by atoms with E-state index in [1.165, 1.54) is 6.42 Å². The van der Waals surface area contributed by atoms with Crippen LogP contribution in [0.25, 0.3) is 0 Å². The van der Waals surface area contributed by atoms with Gasteiger partial charge in [0.25, 0.3) is 0 Å². The standard InChI is InChI=1S/C18H25NO3/c20-17(19-13-18(21)9-4-1-5-10-18)15-8-11-22-16-7-3-2-6-14(16)12-15/h2-3,6-7,15,21H,1,4-5,8-13H2,(H,19,20)/t15-/m1/s1. The van der Waals surface area contributed by atoms with E-state index >= 15 is 0 Å². The van der Waals surface area contributed by atoms with Crippen molar-refractivity contribution >= 4 is 5.91 Å². The van der Waals surface area contributed by atoms with Crippen molar-refractivity contribution < 1.29 is 14.6 Å². The fourth-order valence-electron chi connectivity index (χ4n) is 3.50. The monoisotopic (exact) mass is 303 g/mol. The number of amides is 1. The minimum atomic E-state index is -0.701. The van der Waals surface area contributed by atoms with Gasteiger partial charge in [0, 0.05) is 12.5 Å². The average molecular weight is 303 g/mol. The number of ether oxygens (including phenoxy) is 1. The summed E-state index contributed by atoms with van der Waals surface area (Å²) in [5.41, 5.74) is 0.393. The SMILES string of the molecule is O=C(NCC1(O)CCCCC1)[C@@H]1CCOc2ccccc2C1. The largest absolute Gasteiger partial charge is 0.493 e. The molecule has 0 unspecified atom stereocenters. The number of nitrogens with one attached hydrogen (secondary N) is 1. The fraction of sp³-hybridized carbons (Fsp3) is 0.611. The summed E-state index contributed by atoms with van der Waals surface area (Å²) in [4.78, 5) is 12.5. The van der Waals surface area contributed by atoms with Crippen molar-refractivity contribution in [2.24, 2.45) is 5.92 Å². The first-order chi connectivity index (χ1) is 10.7. The second-order valence-corrected chi connectivity index (χ2v) is 6.65. The number of hydrogen-bond acceptors (Lipinski definition) is 3. The highest BCUT2D eigenvalue weighted by Gasteiger charge is 2.31. The second kappa shape index (κ2) is 6.69. The maximum absolute atomic E-state index is 12.5. The fourth-order valence-corrected chi connectivity index (χ4v) is 3.50. The van der Waals surface area contributed by atoms with Crippen molar-refractivity contribution in [2.75, 3.05) is 13.2 Å². The summed E-state index contributed by atoms with van der Waals surface area (Å²) in [6, 6.07) is 7.92. The van der Waals surface area contributed by atoms with Gasteiger partial charge in [-0.05, 0) is 37.3 Å². The maximum Gasteiger partial charge on any atom is 0.223 e. The van der Waals surface area contributed by atoms with Gasteiger partial charge in [0.15, 0.2) is 0 Å². The van der Waals surface area contributed by atoms with Gasteiger partial charge in [-0.15, -0.1) is 0 Å². The molecule has 0 saturated heterocycles. The van der Waals surface area contributed by atoms with Crippen LogP contribution in [0, 0.1) is 5.92 Å². The van der Waals surface area contributed by atoms with Gasteiger partial charge in [0.2, 0.25) is 5.91 Å². The Bertz CT molecular complexity index is 523. The first-order valence-corrected chi connectivity index (χ1v) is 8.37. The molecule has 1 saturated carbocycles. The van der Waals surface area contributed by atoms with Crippen molar-refractivity contribution in [1.82, 2.24) is 5.32 Å². The molecule has 1 aromatic rings. The minimum Gasteiger partial charge on any atom is -0.493 e. The summed E-state index contributed by atoms with van der Waals surface area (Å²) < 4.78 is 5.71. The molecule has 4 nitrogen and oxygen atoms in total. The van der Waals surface area contributed by atoms with Gasteiger partial charge in [-0.2, -0.15) is 0 Å². The van der Waals surface area contributed by atoms with E-state index in [1.807, 2.05) is 24.3 Å². The zero-order valence-corrected chi connectivity index (χ0v) is 13.0. The third-order valence-electron chi connectivity index (χ3n) is 4.91. The molecular weight excluding hydrogens is 278 g/mol. The van der Waals surface area contributed by atoms with Gasteiger partial charge in [0.1, 0.15) is 5.75 Å². The molecule has 0 aromatic heterocycles. The minimum absolute atomic E-state index is 0.0410. The smallest absolute Gasteiger partial charge is 0.223 e. The average Bonchev–Trinajstić information content (AvgIpc) is 2.76. The lowest BCUT2D eigenvalue weighted by atomic mass is 9.84. The Kier molecular flexibility index (Phi) is 4.67. The third-order valence-corrected chi connectivity index (χ3v) is 4.91. The second-order valence-electron chi connectivity index (χ2n) is 6.65. The van der Waals surface area contributed by atoms with Gasteiger partial charge in [-0.25, -0.2) is 0 Å². The van der Waals surface area contributed by atoms with Crippen molar-refractivity contribution in [3.05, 3.63) is 29.8 Å². The molecule has 1 aromatic carbocycles. The van der Waals surface area contributed by atoms with Gasteiger partial charge in [-0.3, -0.25) is 4.79 Å². The highest BCUT2D eigenvalue weighted by molar-refractivity contribution is 5.79. The van der Waals surface area contributed by atoms with E-state index in [4.69, 9.17) is 4.74 Å². The first kappa shape index (κ1) is 15.3. The molecule has 1 heterocycles. The first-order valence-electron chi connectivity index (χ1n) is 8.37. The molecule has 4 heteroatoms. The van der Waals surface area contributed by atoms with Crippen molar-refractivity contribution in [3.63, 3.8) is 0 Å². The van der Waals surface area contributed by atoms with Crippen LogP contribution in [-0.2, 0) is 11.2 Å². The lowest BCUT2D eigenvalue weighted by Crippen LogP contribution is -2.46. The van der Waals surface area contributed by atoms with E-state index in [0.717, 1.165) is 43.4 Å². The summed E-state index contributed by atoms with van der Waals surface area (Å²) in [7, 11) is 0. The third kappa shape index (κ3) is 3.61. The number of rotatable bonds is 3. The van der Waals surface area contributed by atoms with Gasteiger partial charge in [0.05, 0.1) is 12.2 Å². The van der Waals surface area contributed by atoms with Crippen LogP contribution in [0.15, 0.2) is 24.3 Å². The van der Waals surface area contributed by atoms with Crippen molar-refractivity contribution in [2.45, 2.75) is 50.5 Å². The Morgan fingerprint density at radius 3 is 2.86 bits per heavy atom. The van der Waals surface area contributed by atoms with Crippen LogP contribution in [0.2, 0.25) is 0 Å². The van der Waals surface area contributed by atoms with E-state index in [2.05, 4.69) is 5.32 Å². The molecule has 0 bridgehead atoms. The Morgan fingerprint density at radius 2 is 2.05 bits per heavy atom. The Labute approximate surface area is 131 Å². The molecule has 3 rings (SSSR count). The molecule has 1 amide bonds. The highest BCUT2D eigenvalue weighted by Crippen LogP contribution is 2.29. The number of hydrogen-bond donors (Lipinski definition) is 2. The van der Waals surface area contributed by atoms with Crippen LogP contribution in [0.5, 0.6) is 5.75 Å². The van der Waals surface area contributed by atoms with Crippen LogP contribution in [-0.4, -0.2) is 29.8 Å². The predicted molar refractivity (Wildman–Crippen MR) is 84.8 cm³/mol. The number of benzene rings is 1. The Hall–Kier alpha value is -1.55. The molecular formula is C18H25NO3. The molecule has 1 aliphatic carbocycles. The summed E-state index contributed by atoms with van der Waals surface area (Å²) in [6.07, 6.45) is 6.31. The predicted octanol–water partition coefficient (Wildman–Crippen LogP) is 2.44. The molecule has 0 spiro atoms. The lowest BCUT2D eigenvalue weighted by Gasteiger charge is -2.32. The molecule has 22 heavy (non-hydrogen) atoms. The molecule has 1 aliphatic heterocycles. The van der Waals surface area contributed by atoms with E-state index < -0.39 is 5.60 Å². The summed E-state index contributed by atoms with van der Waals surface area (Å²) >= 11 is 0. The normalized spacial score (nSPS) is 23.8. The maximum atomic E-state index is 12.5. The van der Waals surface area contributed by atoms with Crippen LogP contribution in [0.4, 0.5) is 0 Å². The van der Waals surface area contributed by atoms with E-state index in [-0.39, 0.29) is 11.8 Å². The van der Waals surface area contributed by atoms with Crippen molar-refractivity contribution in [3.8, 4) is 5.75 Å². The van der Waals surface area contributed by atoms with Crippen molar-refractivity contribution in [1.29, 1.82) is 0 Å². The lowest BCUT2D eigenvalue weighted by molar-refractivity contribution is -0.127. The van der Waals surface area contributed by atoms with E-state index in [9.17, 15) is 9.90 Å². The molecule has 2 N–H and O–H groups in total. The Morgan fingerprint density at radius 1 is 1.27 bits per heavy atom. The van der Waals surface area contributed by atoms with E-state index in [0.29, 0.717) is 19.6 Å². The number of aliphatic hydroxyl groups is 1. The van der Waals surface area contributed by atoms with Crippen LogP contribution < -0.4 is 10.1 Å². The molecule has 120 valence electrons. The zero-order valence-electron chi connectivity index (χ0n) is 13.0. The number of carbonyl (C=O) groups is 1. The Balaban J connectivity index is 1.58. The molecule has 1 fully saturated rings. The van der Waals surface area contributed by atoms with Crippen LogP contribution in [0.1, 0.15) is 44.1 Å².